The fraction of sp³-hybridized carbons (Fsp3) is 0. The fourth-order valence-electron chi connectivity index (χ4n) is 2.37. The Morgan fingerprint density at radius 1 is 1.08 bits per heavy atom. The third-order valence-electron chi connectivity index (χ3n) is 3.62. The van der Waals surface area contributed by atoms with Crippen LogP contribution >= 0.6 is 0 Å². The first-order valence-electron chi connectivity index (χ1n) is 7.57. The quantitative estimate of drug-likeness (QED) is 0.491. The molecule has 0 atom stereocenters. The van der Waals surface area contributed by atoms with Crippen molar-refractivity contribution in [1.82, 2.24) is 25.6 Å². The Balaban J connectivity index is 1.55. The summed E-state index contributed by atoms with van der Waals surface area (Å²) in [6.07, 6.45) is 1.74. The molecule has 4 rings (SSSR count). The van der Waals surface area contributed by atoms with Gasteiger partial charge in [-0.25, -0.2) is 9.89 Å². The van der Waals surface area contributed by atoms with E-state index in [0.29, 0.717) is 5.75 Å². The molecule has 2 aromatic heterocycles. The summed E-state index contributed by atoms with van der Waals surface area (Å²) >= 11 is 0. The number of hydrogen-bond acceptors (Lipinski definition) is 5. The molecule has 0 radical (unpaired) electrons. The van der Waals surface area contributed by atoms with E-state index in [2.05, 4.69) is 37.4 Å². The first kappa shape index (κ1) is 15.4. The number of nitrogens with one attached hydrogen (secondary N) is 2. The van der Waals surface area contributed by atoms with Crippen LogP contribution in [0.2, 0.25) is 0 Å². The molecule has 0 aliphatic carbocycles. The van der Waals surface area contributed by atoms with E-state index in [0.717, 1.165) is 22.0 Å². The highest BCUT2D eigenvalue weighted by atomic mass is 16.5. The van der Waals surface area contributed by atoms with E-state index in [9.17, 15) is 4.79 Å². The molecule has 26 heavy (non-hydrogen) atoms. The standard InChI is InChI=1S/C18H11N5O3/c24-18(25)16-17(22-23-21-16)26-13-8-5-11(6-9-13)4-7-12-2-1-3-15-14(12)10-19-20-15/h1-3,5-6,8-10H,(H,19,20)(H,24,25)(H,21,22,23). The van der Waals surface area contributed by atoms with Gasteiger partial charge in [0.05, 0.1) is 11.7 Å². The fourth-order valence-corrected chi connectivity index (χ4v) is 2.37. The zero-order valence-electron chi connectivity index (χ0n) is 13.2. The Morgan fingerprint density at radius 2 is 1.92 bits per heavy atom. The molecule has 0 saturated carbocycles. The van der Waals surface area contributed by atoms with Crippen LogP contribution in [-0.2, 0) is 0 Å². The highest BCUT2D eigenvalue weighted by molar-refractivity contribution is 5.87. The molecule has 0 aliphatic rings. The van der Waals surface area contributed by atoms with Crippen molar-refractivity contribution in [3.05, 3.63) is 65.5 Å². The van der Waals surface area contributed by atoms with Crippen LogP contribution in [0.1, 0.15) is 21.6 Å². The maximum atomic E-state index is 11.0. The van der Waals surface area contributed by atoms with Crippen LogP contribution in [0.3, 0.4) is 0 Å². The molecule has 0 bridgehead atoms. The van der Waals surface area contributed by atoms with Crippen molar-refractivity contribution in [3.63, 3.8) is 0 Å². The second-order valence-electron chi connectivity index (χ2n) is 5.31. The lowest BCUT2D eigenvalue weighted by atomic mass is 10.1. The molecule has 0 fully saturated rings. The number of hydrogen-bond donors (Lipinski definition) is 3. The highest BCUT2D eigenvalue weighted by Gasteiger charge is 2.16. The Hall–Kier alpha value is -4.12. The van der Waals surface area contributed by atoms with Crippen molar-refractivity contribution in [2.75, 3.05) is 0 Å². The number of benzene rings is 2. The molecule has 0 saturated heterocycles. The molecule has 2 heterocycles. The van der Waals surface area contributed by atoms with Crippen molar-refractivity contribution in [2.45, 2.75) is 0 Å². The lowest BCUT2D eigenvalue weighted by molar-refractivity contribution is 0.0687. The van der Waals surface area contributed by atoms with Gasteiger partial charge in [-0.1, -0.05) is 23.1 Å². The largest absolute Gasteiger partial charge is 0.476 e. The summed E-state index contributed by atoms with van der Waals surface area (Å²) in [5.74, 6) is 5.41. The van der Waals surface area contributed by atoms with Crippen molar-refractivity contribution in [1.29, 1.82) is 0 Å². The Morgan fingerprint density at radius 3 is 2.73 bits per heavy atom. The third kappa shape index (κ3) is 2.97. The lowest BCUT2D eigenvalue weighted by Crippen LogP contribution is -1.99. The van der Waals surface area contributed by atoms with E-state index in [1.807, 2.05) is 18.2 Å². The molecule has 8 heteroatoms. The van der Waals surface area contributed by atoms with Gasteiger partial charge in [-0.2, -0.15) is 5.10 Å². The molecular formula is C18H11N5O3. The summed E-state index contributed by atoms with van der Waals surface area (Å²) in [6, 6.07) is 12.7. The van der Waals surface area contributed by atoms with E-state index in [-0.39, 0.29) is 11.6 Å². The molecule has 126 valence electrons. The van der Waals surface area contributed by atoms with E-state index in [1.54, 1.807) is 30.5 Å². The van der Waals surface area contributed by atoms with Gasteiger partial charge < -0.3 is 9.84 Å². The normalized spacial score (nSPS) is 10.3. The number of carboxylic acids is 1. The predicted molar refractivity (Wildman–Crippen MR) is 91.9 cm³/mol. The van der Waals surface area contributed by atoms with Crippen molar-refractivity contribution in [3.8, 4) is 23.5 Å². The smallest absolute Gasteiger partial charge is 0.362 e. The number of H-pyrrole nitrogens is 2. The van der Waals surface area contributed by atoms with Gasteiger partial charge in [0.1, 0.15) is 5.75 Å². The number of carboxylic acid groups (broad SMARTS) is 1. The Labute approximate surface area is 146 Å². The van der Waals surface area contributed by atoms with Gasteiger partial charge in [0.25, 0.3) is 5.88 Å². The number of ether oxygens (including phenoxy) is 1. The minimum Gasteiger partial charge on any atom is -0.476 e. The SMILES string of the molecule is O=C(O)c1nn[nH]c1Oc1ccc(C#Cc2cccc3[nH]ncc23)cc1. The summed E-state index contributed by atoms with van der Waals surface area (Å²) in [4.78, 5) is 11.0. The van der Waals surface area contributed by atoms with Crippen LogP contribution < -0.4 is 4.74 Å². The van der Waals surface area contributed by atoms with E-state index in [4.69, 9.17) is 9.84 Å². The first-order chi connectivity index (χ1) is 12.7. The van der Waals surface area contributed by atoms with Crippen LogP contribution in [0, 0.1) is 11.8 Å². The molecule has 0 amide bonds. The average Bonchev–Trinajstić information content (AvgIpc) is 3.30. The van der Waals surface area contributed by atoms with Crippen LogP contribution in [0.5, 0.6) is 11.6 Å². The van der Waals surface area contributed by atoms with Gasteiger partial charge in [-0.3, -0.25) is 5.10 Å². The van der Waals surface area contributed by atoms with Gasteiger partial charge in [0, 0.05) is 16.5 Å². The van der Waals surface area contributed by atoms with Gasteiger partial charge in [-0.05, 0) is 36.4 Å². The molecular weight excluding hydrogens is 334 g/mol. The third-order valence-corrected chi connectivity index (χ3v) is 3.62. The first-order valence-corrected chi connectivity index (χ1v) is 7.57. The van der Waals surface area contributed by atoms with Gasteiger partial charge in [0.2, 0.25) is 5.69 Å². The number of carbonyl (C=O) groups is 1. The minimum absolute atomic E-state index is 0.0250. The molecule has 0 aliphatic heterocycles. The number of aromatic nitrogens is 5. The Bertz CT molecular complexity index is 1150. The second kappa shape index (κ2) is 6.41. The van der Waals surface area contributed by atoms with Crippen molar-refractivity contribution < 1.29 is 14.6 Å². The Kier molecular flexibility index (Phi) is 3.80. The topological polar surface area (TPSA) is 117 Å². The number of rotatable bonds is 3. The second-order valence-corrected chi connectivity index (χ2v) is 5.31. The van der Waals surface area contributed by atoms with Crippen LogP contribution in [0.25, 0.3) is 10.9 Å². The highest BCUT2D eigenvalue weighted by Crippen LogP contribution is 2.22. The van der Waals surface area contributed by atoms with Crippen LogP contribution in [0.15, 0.2) is 48.7 Å². The molecule has 8 nitrogen and oxygen atoms in total. The zero-order valence-corrected chi connectivity index (χ0v) is 13.2. The summed E-state index contributed by atoms with van der Waals surface area (Å²) < 4.78 is 5.45. The predicted octanol–water partition coefficient (Wildman–Crippen LogP) is 2.57. The number of aromatic carboxylic acids is 1. The number of fused-ring (bicyclic) bond motifs is 1. The van der Waals surface area contributed by atoms with Gasteiger partial charge in [0.15, 0.2) is 0 Å². The summed E-state index contributed by atoms with van der Waals surface area (Å²) in [5.41, 5.74) is 2.33. The van der Waals surface area contributed by atoms with E-state index in [1.165, 1.54) is 0 Å². The van der Waals surface area contributed by atoms with Crippen molar-refractivity contribution >= 4 is 16.9 Å². The monoisotopic (exact) mass is 345 g/mol. The van der Waals surface area contributed by atoms with Crippen LogP contribution in [-0.4, -0.2) is 36.7 Å². The molecule has 0 unspecified atom stereocenters. The van der Waals surface area contributed by atoms with E-state index < -0.39 is 5.97 Å². The van der Waals surface area contributed by atoms with Gasteiger partial charge >= 0.3 is 5.97 Å². The zero-order chi connectivity index (χ0) is 17.9. The summed E-state index contributed by atoms with van der Waals surface area (Å²) in [7, 11) is 0. The maximum Gasteiger partial charge on any atom is 0.362 e. The molecule has 0 spiro atoms. The van der Waals surface area contributed by atoms with Gasteiger partial charge in [-0.15, -0.1) is 5.10 Å². The lowest BCUT2D eigenvalue weighted by Gasteiger charge is -2.02. The maximum absolute atomic E-state index is 11.0. The molecule has 3 N–H and O–H groups in total. The minimum atomic E-state index is -1.22. The van der Waals surface area contributed by atoms with Crippen LogP contribution in [0.4, 0.5) is 0 Å². The number of aromatic amines is 2. The number of nitrogens with zero attached hydrogens (tertiary/aromatic N) is 3. The van der Waals surface area contributed by atoms with E-state index >= 15 is 0 Å². The molecule has 4 aromatic rings. The summed E-state index contributed by atoms with van der Waals surface area (Å²) in [6.45, 7) is 0. The average molecular weight is 345 g/mol. The van der Waals surface area contributed by atoms with Crippen molar-refractivity contribution in [2.24, 2.45) is 0 Å². The molecule has 2 aromatic carbocycles. The summed E-state index contributed by atoms with van der Waals surface area (Å²) in [5, 5.41) is 26.2.